The van der Waals surface area contributed by atoms with E-state index in [2.05, 4.69) is 48.0 Å². The summed E-state index contributed by atoms with van der Waals surface area (Å²) in [4.78, 5) is 51.9. The first-order chi connectivity index (χ1) is 27.4. The zero-order chi connectivity index (χ0) is 40.0. The number of aryl methyl sites for hydroxylation is 2. The molecule has 4 unspecified atom stereocenters. The summed E-state index contributed by atoms with van der Waals surface area (Å²) in [5, 5.41) is 14.5. The molecule has 3 heterocycles. The zero-order valence-corrected chi connectivity index (χ0v) is 36.3. The molecule has 3 aromatic rings. The fourth-order valence-corrected chi connectivity index (χ4v) is 12.8. The van der Waals surface area contributed by atoms with Gasteiger partial charge >= 0.3 is 0 Å². The fourth-order valence-electron chi connectivity index (χ4n) is 12.2. The number of carbonyl (C=O) groups is 2. The van der Waals surface area contributed by atoms with E-state index in [-0.39, 0.29) is 28.0 Å². The molecule has 57 heavy (non-hydrogen) atoms. The van der Waals surface area contributed by atoms with E-state index in [1.165, 1.54) is 38.3 Å². The molecular formula is C46H60IN7O3. The molecule has 0 radical (unpaired) electrons. The van der Waals surface area contributed by atoms with E-state index in [0.29, 0.717) is 33.6 Å². The number of ketones is 1. The van der Waals surface area contributed by atoms with Gasteiger partial charge < -0.3 is 25.9 Å². The van der Waals surface area contributed by atoms with Crippen molar-refractivity contribution < 1.29 is 9.59 Å². The molecule has 1 amide bonds. The maximum absolute atomic E-state index is 13.7. The highest BCUT2D eigenvalue weighted by Crippen LogP contribution is 2.79. The van der Waals surface area contributed by atoms with Gasteiger partial charge in [0.25, 0.3) is 11.5 Å². The number of unbranched alkanes of at least 4 members (excludes halogenated alkanes) is 1. The van der Waals surface area contributed by atoms with Gasteiger partial charge in [0.15, 0.2) is 0 Å². The van der Waals surface area contributed by atoms with E-state index in [1.807, 2.05) is 58.2 Å². The van der Waals surface area contributed by atoms with Gasteiger partial charge in [-0.25, -0.2) is 4.98 Å². The second-order valence-corrected chi connectivity index (χ2v) is 19.8. The van der Waals surface area contributed by atoms with Crippen LogP contribution in [-0.4, -0.2) is 75.5 Å². The van der Waals surface area contributed by atoms with Crippen LogP contribution >= 0.6 is 22.6 Å². The van der Waals surface area contributed by atoms with Gasteiger partial charge in [0.1, 0.15) is 11.6 Å². The van der Waals surface area contributed by atoms with Gasteiger partial charge in [-0.1, -0.05) is 22.6 Å². The van der Waals surface area contributed by atoms with Crippen molar-refractivity contribution in [2.45, 2.75) is 102 Å². The zero-order valence-electron chi connectivity index (χ0n) is 34.1. The highest BCUT2D eigenvalue weighted by atomic mass is 127. The molecular weight excluding hydrogens is 825 g/mol. The van der Waals surface area contributed by atoms with Gasteiger partial charge in [-0.3, -0.25) is 19.3 Å². The molecule has 4 saturated carbocycles. The van der Waals surface area contributed by atoms with E-state index in [0.717, 1.165) is 116 Å². The monoisotopic (exact) mass is 885 g/mol. The average Bonchev–Trinajstić information content (AvgIpc) is 3.92. The lowest BCUT2D eigenvalue weighted by Crippen LogP contribution is -2.46. The number of hydrogen-bond donors (Lipinski definition) is 4. The molecule has 4 atom stereocenters. The van der Waals surface area contributed by atoms with E-state index in [9.17, 15) is 14.4 Å². The first kappa shape index (κ1) is 40.2. The van der Waals surface area contributed by atoms with Gasteiger partial charge in [-0.15, -0.1) is 0 Å². The SMILES string of the molecule is Cc1cc(C)c(CNC(=O)c2cc(-c3ccc(N4CCN(CCCCC(=O)C(I)CCC56CC7CC8CC(C5)C7C86)CC4)nc3)cc(NC(C)C)c2C=N)c(=O)[nH]1. The van der Waals surface area contributed by atoms with Crippen molar-refractivity contribution in [3.8, 4) is 11.1 Å². The third kappa shape index (κ3) is 8.08. The van der Waals surface area contributed by atoms with Crippen molar-refractivity contribution in [2.24, 2.45) is 35.0 Å². The number of aromatic amines is 1. The number of piperazine rings is 1. The molecule has 11 heteroatoms. The summed E-state index contributed by atoms with van der Waals surface area (Å²) in [6.07, 6.45) is 14.2. The molecule has 304 valence electrons. The Labute approximate surface area is 351 Å². The van der Waals surface area contributed by atoms with E-state index >= 15 is 0 Å². The largest absolute Gasteiger partial charge is 0.382 e. The van der Waals surface area contributed by atoms with Crippen LogP contribution in [0.15, 0.2) is 41.3 Å². The minimum absolute atomic E-state index is 0.0823. The average molecular weight is 886 g/mol. The first-order valence-electron chi connectivity index (χ1n) is 21.5. The van der Waals surface area contributed by atoms with Gasteiger partial charge in [-0.2, -0.15) is 0 Å². The lowest BCUT2D eigenvalue weighted by atomic mass is 9.59. The molecule has 5 aliphatic rings. The minimum Gasteiger partial charge on any atom is -0.382 e. The van der Waals surface area contributed by atoms with Gasteiger partial charge in [0.05, 0.1) is 9.49 Å². The number of benzene rings is 1. The Morgan fingerprint density at radius 1 is 1.04 bits per heavy atom. The highest BCUT2D eigenvalue weighted by Gasteiger charge is 2.71. The number of hydrogen-bond acceptors (Lipinski definition) is 8. The Balaban J connectivity index is 0.815. The van der Waals surface area contributed by atoms with Crippen molar-refractivity contribution in [2.75, 3.05) is 42.9 Å². The standard InChI is InChI=1S/C46H60IN7O3/c1-27(2)51-39-21-31(20-35(36(39)24-48)44(56)50-26-37-28(3)17-29(4)52-45(37)57)30-8-9-41(49-25-30)54-15-13-53(14-16-54)12-6-5-7-40(55)38(47)10-11-46-22-33-18-32-19-34(23-46)42(33)43(32)46/h8-9,17,20-21,24-25,27,32-34,38,42-43,48,51H,5-7,10-16,18-19,22-23,26H2,1-4H3,(H,50,56)(H,52,57). The molecule has 1 saturated heterocycles. The number of aromatic nitrogens is 2. The van der Waals surface area contributed by atoms with Crippen molar-refractivity contribution in [3.63, 3.8) is 0 Å². The third-order valence-electron chi connectivity index (χ3n) is 14.4. The summed E-state index contributed by atoms with van der Waals surface area (Å²) in [5.74, 6) is 6.23. The number of amides is 1. The molecule has 6 bridgehead atoms. The van der Waals surface area contributed by atoms with Crippen LogP contribution in [0.5, 0.6) is 0 Å². The van der Waals surface area contributed by atoms with Gasteiger partial charge in [0, 0.05) is 85.7 Å². The van der Waals surface area contributed by atoms with Crippen LogP contribution in [0, 0.1) is 54.3 Å². The summed E-state index contributed by atoms with van der Waals surface area (Å²) in [6, 6.07) is 9.85. The summed E-state index contributed by atoms with van der Waals surface area (Å²) < 4.78 is 0.183. The maximum atomic E-state index is 13.7. The van der Waals surface area contributed by atoms with Crippen LogP contribution in [0.25, 0.3) is 11.1 Å². The molecule has 0 spiro atoms. The normalized spacial score (nSPS) is 26.4. The molecule has 5 fully saturated rings. The topological polar surface area (TPSA) is 134 Å². The van der Waals surface area contributed by atoms with E-state index in [4.69, 9.17) is 10.4 Å². The number of rotatable bonds is 17. The van der Waals surface area contributed by atoms with Crippen LogP contribution in [0.1, 0.15) is 104 Å². The molecule has 4 aliphatic carbocycles. The predicted octanol–water partition coefficient (Wildman–Crippen LogP) is 7.93. The number of nitrogens with one attached hydrogen (secondary N) is 4. The fraction of sp³-hybridized carbons (Fsp3) is 0.587. The van der Waals surface area contributed by atoms with Crippen LogP contribution in [0.4, 0.5) is 11.5 Å². The third-order valence-corrected chi connectivity index (χ3v) is 15.7. The van der Waals surface area contributed by atoms with Crippen molar-refractivity contribution >= 4 is 52.0 Å². The number of alkyl halides is 1. The Morgan fingerprint density at radius 2 is 1.79 bits per heavy atom. The van der Waals surface area contributed by atoms with Gasteiger partial charge in [0.2, 0.25) is 0 Å². The number of Topliss-reactive ketones (excluding diaryl/α,β-unsaturated/α-hetero) is 1. The quantitative estimate of drug-likeness (QED) is 0.0469. The Bertz CT molecular complexity index is 2040. The van der Waals surface area contributed by atoms with E-state index in [1.54, 1.807) is 6.07 Å². The molecule has 2 aromatic heterocycles. The maximum Gasteiger partial charge on any atom is 0.253 e. The minimum atomic E-state index is -0.354. The lowest BCUT2D eigenvalue weighted by Gasteiger charge is -2.46. The summed E-state index contributed by atoms with van der Waals surface area (Å²) >= 11 is 2.46. The first-order valence-corrected chi connectivity index (χ1v) is 22.7. The van der Waals surface area contributed by atoms with Crippen molar-refractivity contribution in [1.82, 2.24) is 20.2 Å². The van der Waals surface area contributed by atoms with Crippen LogP contribution in [0.3, 0.4) is 0 Å². The highest BCUT2D eigenvalue weighted by molar-refractivity contribution is 14.1. The molecule has 8 rings (SSSR count). The lowest BCUT2D eigenvalue weighted by molar-refractivity contribution is -0.118. The number of nitrogens with zero attached hydrogens (tertiary/aromatic N) is 3. The van der Waals surface area contributed by atoms with Crippen molar-refractivity contribution in [1.29, 1.82) is 5.41 Å². The van der Waals surface area contributed by atoms with Crippen LogP contribution in [-0.2, 0) is 11.3 Å². The number of anilines is 2. The Hall–Kier alpha value is -3.58. The molecule has 1 aliphatic heterocycles. The van der Waals surface area contributed by atoms with Gasteiger partial charge in [-0.05, 0) is 162 Å². The summed E-state index contributed by atoms with van der Waals surface area (Å²) in [7, 11) is 0. The smallest absolute Gasteiger partial charge is 0.253 e. The molecule has 4 N–H and O–H groups in total. The number of pyridine rings is 2. The molecule has 10 nitrogen and oxygen atoms in total. The molecule has 1 aromatic carbocycles. The Kier molecular flexibility index (Phi) is 11.7. The van der Waals surface area contributed by atoms with Crippen LogP contribution in [0.2, 0.25) is 0 Å². The second-order valence-electron chi connectivity index (χ2n) is 18.3. The Morgan fingerprint density at radius 3 is 2.42 bits per heavy atom. The number of H-pyrrole nitrogens is 1. The van der Waals surface area contributed by atoms with E-state index < -0.39 is 0 Å². The van der Waals surface area contributed by atoms with Crippen molar-refractivity contribution in [3.05, 3.63) is 74.8 Å². The summed E-state index contributed by atoms with van der Waals surface area (Å²) in [5.41, 5.74) is 5.74. The predicted molar refractivity (Wildman–Crippen MR) is 237 cm³/mol. The summed E-state index contributed by atoms with van der Waals surface area (Å²) in [6.45, 7) is 12.6. The number of carbonyl (C=O) groups excluding carboxylic acids is 2. The second kappa shape index (κ2) is 16.6. The number of halogens is 1. The van der Waals surface area contributed by atoms with Crippen LogP contribution < -0.4 is 21.1 Å².